The lowest BCUT2D eigenvalue weighted by Gasteiger charge is -2.22. The van der Waals surface area contributed by atoms with Crippen LogP contribution in [0, 0.1) is 11.7 Å². The van der Waals surface area contributed by atoms with Crippen LogP contribution in [0.3, 0.4) is 0 Å². The van der Waals surface area contributed by atoms with Crippen molar-refractivity contribution in [1.82, 2.24) is 5.43 Å². The first-order chi connectivity index (χ1) is 7.72. The predicted molar refractivity (Wildman–Crippen MR) is 63.1 cm³/mol. The number of hydrazine groups is 1. The summed E-state index contributed by atoms with van der Waals surface area (Å²) in [6.45, 7) is 1.35. The van der Waals surface area contributed by atoms with Gasteiger partial charge in [-0.15, -0.1) is 0 Å². The maximum Gasteiger partial charge on any atom is 0.129 e. The summed E-state index contributed by atoms with van der Waals surface area (Å²) < 4.78 is 19.8. The first-order valence-electron chi connectivity index (χ1n) is 5.21. The minimum atomic E-state index is -0.246. The molecule has 1 fully saturated rings. The third-order valence-electron chi connectivity index (χ3n) is 2.91. The molecule has 1 aliphatic heterocycles. The van der Waals surface area contributed by atoms with E-state index in [2.05, 4.69) is 21.4 Å². The summed E-state index contributed by atoms with van der Waals surface area (Å²) in [5.74, 6) is 5.50. The van der Waals surface area contributed by atoms with Gasteiger partial charge < -0.3 is 4.74 Å². The Kier molecular flexibility index (Phi) is 3.91. The fourth-order valence-corrected chi connectivity index (χ4v) is 2.38. The monoisotopic (exact) mass is 288 g/mol. The van der Waals surface area contributed by atoms with Crippen molar-refractivity contribution in [2.45, 2.75) is 12.5 Å². The summed E-state index contributed by atoms with van der Waals surface area (Å²) in [7, 11) is 0. The molecule has 1 aromatic rings. The van der Waals surface area contributed by atoms with Gasteiger partial charge in [0, 0.05) is 22.6 Å². The summed E-state index contributed by atoms with van der Waals surface area (Å²) in [4.78, 5) is 0. The van der Waals surface area contributed by atoms with Crippen molar-refractivity contribution in [3.63, 3.8) is 0 Å². The maximum atomic E-state index is 13.8. The molecule has 1 aliphatic rings. The van der Waals surface area contributed by atoms with E-state index in [1.165, 1.54) is 6.07 Å². The van der Waals surface area contributed by atoms with E-state index in [1.807, 2.05) is 6.07 Å². The zero-order valence-corrected chi connectivity index (χ0v) is 10.3. The molecule has 1 saturated heterocycles. The van der Waals surface area contributed by atoms with Crippen molar-refractivity contribution >= 4 is 15.9 Å². The quantitative estimate of drug-likeness (QED) is 0.662. The highest BCUT2D eigenvalue weighted by molar-refractivity contribution is 9.10. The summed E-state index contributed by atoms with van der Waals surface area (Å²) in [6, 6.07) is 4.84. The average Bonchev–Trinajstić information content (AvgIpc) is 2.75. The van der Waals surface area contributed by atoms with E-state index in [9.17, 15) is 4.39 Å². The summed E-state index contributed by atoms with van der Waals surface area (Å²) in [5, 5.41) is 0. The maximum absolute atomic E-state index is 13.8. The van der Waals surface area contributed by atoms with Gasteiger partial charge in [-0.05, 0) is 18.6 Å². The SMILES string of the molecule is NNC(c1ccc(Br)cc1F)C1CCOC1. The molecule has 3 N–H and O–H groups in total. The molecular weight excluding hydrogens is 275 g/mol. The fourth-order valence-electron chi connectivity index (χ4n) is 2.05. The van der Waals surface area contributed by atoms with Crippen molar-refractivity contribution in [3.8, 4) is 0 Å². The van der Waals surface area contributed by atoms with Crippen LogP contribution >= 0.6 is 15.9 Å². The molecule has 16 heavy (non-hydrogen) atoms. The molecule has 2 unspecified atom stereocenters. The highest BCUT2D eigenvalue weighted by Gasteiger charge is 2.28. The Labute approximate surface area is 102 Å². The third kappa shape index (κ3) is 2.43. The minimum Gasteiger partial charge on any atom is -0.381 e. The van der Waals surface area contributed by atoms with Gasteiger partial charge in [0.25, 0.3) is 0 Å². The van der Waals surface area contributed by atoms with Crippen LogP contribution in [0.4, 0.5) is 4.39 Å². The fraction of sp³-hybridized carbons (Fsp3) is 0.455. The Morgan fingerprint density at radius 1 is 1.56 bits per heavy atom. The number of hydrogen-bond donors (Lipinski definition) is 2. The van der Waals surface area contributed by atoms with Gasteiger partial charge in [0.15, 0.2) is 0 Å². The molecule has 1 heterocycles. The van der Waals surface area contributed by atoms with E-state index in [1.54, 1.807) is 6.07 Å². The van der Waals surface area contributed by atoms with Gasteiger partial charge in [0.05, 0.1) is 12.6 Å². The smallest absolute Gasteiger partial charge is 0.129 e. The number of benzene rings is 1. The Morgan fingerprint density at radius 3 is 2.94 bits per heavy atom. The molecule has 1 aromatic carbocycles. The molecular formula is C11H14BrFN2O. The Balaban J connectivity index is 2.25. The number of nitrogens with two attached hydrogens (primary N) is 1. The van der Waals surface area contributed by atoms with Crippen LogP contribution in [-0.4, -0.2) is 13.2 Å². The normalized spacial score (nSPS) is 22.3. The third-order valence-corrected chi connectivity index (χ3v) is 3.41. The van der Waals surface area contributed by atoms with Crippen LogP contribution in [0.2, 0.25) is 0 Å². The lowest BCUT2D eigenvalue weighted by Crippen LogP contribution is -2.34. The van der Waals surface area contributed by atoms with Crippen molar-refractivity contribution in [3.05, 3.63) is 34.1 Å². The van der Waals surface area contributed by atoms with Gasteiger partial charge in [0.2, 0.25) is 0 Å². The number of ether oxygens (including phenoxy) is 1. The number of hydrogen-bond acceptors (Lipinski definition) is 3. The molecule has 2 rings (SSSR count). The van der Waals surface area contributed by atoms with Crippen LogP contribution in [-0.2, 0) is 4.74 Å². The van der Waals surface area contributed by atoms with Crippen molar-refractivity contribution in [2.75, 3.05) is 13.2 Å². The van der Waals surface area contributed by atoms with Crippen LogP contribution in [0.5, 0.6) is 0 Å². The Morgan fingerprint density at radius 2 is 2.38 bits per heavy atom. The largest absolute Gasteiger partial charge is 0.381 e. The minimum absolute atomic E-state index is 0.185. The van der Waals surface area contributed by atoms with Crippen molar-refractivity contribution < 1.29 is 9.13 Å². The first kappa shape index (κ1) is 12.0. The van der Waals surface area contributed by atoms with Gasteiger partial charge >= 0.3 is 0 Å². The molecule has 0 bridgehead atoms. The van der Waals surface area contributed by atoms with Gasteiger partial charge in [-0.1, -0.05) is 22.0 Å². The van der Waals surface area contributed by atoms with E-state index in [4.69, 9.17) is 10.6 Å². The summed E-state index contributed by atoms with van der Waals surface area (Å²) in [6.07, 6.45) is 0.907. The molecule has 0 spiro atoms. The van der Waals surface area contributed by atoms with Crippen LogP contribution in [0.15, 0.2) is 22.7 Å². The molecule has 0 radical (unpaired) electrons. The second-order valence-corrected chi connectivity index (χ2v) is 4.85. The number of rotatable bonds is 3. The molecule has 0 amide bonds. The van der Waals surface area contributed by atoms with E-state index < -0.39 is 0 Å². The second kappa shape index (κ2) is 5.23. The topological polar surface area (TPSA) is 47.3 Å². The lowest BCUT2D eigenvalue weighted by atomic mass is 9.92. The molecule has 3 nitrogen and oxygen atoms in total. The first-order valence-corrected chi connectivity index (χ1v) is 6.00. The average molecular weight is 289 g/mol. The van der Waals surface area contributed by atoms with Crippen LogP contribution in [0.25, 0.3) is 0 Å². The van der Waals surface area contributed by atoms with Crippen LogP contribution in [0.1, 0.15) is 18.0 Å². The van der Waals surface area contributed by atoms with Gasteiger partial charge in [-0.2, -0.15) is 0 Å². The zero-order chi connectivity index (χ0) is 11.5. The van der Waals surface area contributed by atoms with E-state index in [0.717, 1.165) is 17.5 Å². The molecule has 0 aliphatic carbocycles. The van der Waals surface area contributed by atoms with E-state index in [0.29, 0.717) is 12.2 Å². The van der Waals surface area contributed by atoms with Crippen molar-refractivity contribution in [1.29, 1.82) is 0 Å². The molecule has 5 heteroatoms. The zero-order valence-electron chi connectivity index (χ0n) is 8.75. The summed E-state index contributed by atoms with van der Waals surface area (Å²) in [5.41, 5.74) is 3.28. The van der Waals surface area contributed by atoms with E-state index >= 15 is 0 Å². The van der Waals surface area contributed by atoms with Gasteiger partial charge in [-0.25, -0.2) is 4.39 Å². The second-order valence-electron chi connectivity index (χ2n) is 3.93. The molecule has 0 saturated carbocycles. The standard InChI is InChI=1S/C11H14BrFN2O/c12-8-1-2-9(10(13)5-8)11(15-14)7-3-4-16-6-7/h1-2,5,7,11,15H,3-4,6,14H2. The summed E-state index contributed by atoms with van der Waals surface area (Å²) >= 11 is 3.23. The Bertz CT molecular complexity index is 369. The number of halogens is 2. The van der Waals surface area contributed by atoms with Crippen molar-refractivity contribution in [2.24, 2.45) is 11.8 Å². The highest BCUT2D eigenvalue weighted by atomic mass is 79.9. The number of nitrogens with one attached hydrogen (secondary N) is 1. The van der Waals surface area contributed by atoms with Gasteiger partial charge in [0.1, 0.15) is 5.82 Å². The molecule has 2 atom stereocenters. The molecule has 88 valence electrons. The van der Waals surface area contributed by atoms with E-state index in [-0.39, 0.29) is 17.8 Å². The predicted octanol–water partition coefficient (Wildman–Crippen LogP) is 2.13. The lowest BCUT2D eigenvalue weighted by molar-refractivity contribution is 0.176. The molecule has 0 aromatic heterocycles. The highest BCUT2D eigenvalue weighted by Crippen LogP contribution is 2.30. The van der Waals surface area contributed by atoms with Crippen LogP contribution < -0.4 is 11.3 Å². The van der Waals surface area contributed by atoms with Gasteiger partial charge in [-0.3, -0.25) is 11.3 Å². The Hall–Kier alpha value is -0.490.